The predicted octanol–water partition coefficient (Wildman–Crippen LogP) is 3.24. The Labute approximate surface area is 116 Å². The second-order valence-electron chi connectivity index (χ2n) is 5.32. The van der Waals surface area contributed by atoms with Crippen LogP contribution in [-0.4, -0.2) is 22.1 Å². The highest BCUT2D eigenvalue weighted by Crippen LogP contribution is 2.44. The first-order valence-electron chi connectivity index (χ1n) is 6.37. The molecule has 20 heavy (non-hydrogen) atoms. The van der Waals surface area contributed by atoms with Crippen LogP contribution >= 0.6 is 0 Å². The Balaban J connectivity index is 2.33. The van der Waals surface area contributed by atoms with E-state index in [0.717, 1.165) is 28.4 Å². The van der Waals surface area contributed by atoms with E-state index in [9.17, 15) is 9.90 Å². The Morgan fingerprint density at radius 2 is 2.10 bits per heavy atom. The number of aldehydes is 1. The van der Waals surface area contributed by atoms with Gasteiger partial charge >= 0.3 is 0 Å². The molecule has 0 radical (unpaired) electrons. The van der Waals surface area contributed by atoms with Gasteiger partial charge in [-0.25, -0.2) is 0 Å². The quantitative estimate of drug-likeness (QED) is 0.515. The highest BCUT2D eigenvalue weighted by molar-refractivity contribution is 6.23. The van der Waals surface area contributed by atoms with Crippen molar-refractivity contribution in [2.75, 3.05) is 0 Å². The van der Waals surface area contributed by atoms with Crippen LogP contribution in [-0.2, 0) is 10.2 Å². The van der Waals surface area contributed by atoms with Crippen LogP contribution in [0.4, 0.5) is 5.69 Å². The van der Waals surface area contributed by atoms with Crippen molar-refractivity contribution in [1.82, 2.24) is 4.98 Å². The number of aliphatic hydroxyl groups is 1. The van der Waals surface area contributed by atoms with E-state index < -0.39 is 5.41 Å². The fraction of sp³-hybridized carbons (Fsp3) is 0.188. The van der Waals surface area contributed by atoms with Crippen LogP contribution in [0.2, 0.25) is 0 Å². The Morgan fingerprint density at radius 3 is 2.80 bits per heavy atom. The van der Waals surface area contributed by atoms with Gasteiger partial charge in [0, 0.05) is 17.0 Å². The summed E-state index contributed by atoms with van der Waals surface area (Å²) in [5.74, 6) is 0. The number of carbonyl (C=O) groups is 1. The van der Waals surface area contributed by atoms with E-state index in [1.807, 2.05) is 38.1 Å². The molecule has 1 aliphatic heterocycles. The Kier molecular flexibility index (Phi) is 2.67. The summed E-state index contributed by atoms with van der Waals surface area (Å²) in [5.41, 5.74) is 3.11. The molecule has 0 unspecified atom stereocenters. The van der Waals surface area contributed by atoms with Gasteiger partial charge in [0.25, 0.3) is 0 Å². The number of hydrogen-bond acceptors (Lipinski definition) is 4. The maximum atomic E-state index is 11.1. The van der Waals surface area contributed by atoms with Gasteiger partial charge < -0.3 is 5.11 Å². The number of carbonyl (C=O) groups excluding carboxylic acids is 1. The van der Waals surface area contributed by atoms with Gasteiger partial charge in [-0.05, 0) is 23.8 Å². The lowest BCUT2D eigenvalue weighted by molar-refractivity contribution is -0.104. The second kappa shape index (κ2) is 4.27. The molecule has 1 aromatic carbocycles. The normalized spacial score (nSPS) is 16.9. The van der Waals surface area contributed by atoms with E-state index in [-0.39, 0.29) is 5.57 Å². The van der Waals surface area contributed by atoms with Crippen molar-refractivity contribution < 1.29 is 9.90 Å². The molecule has 0 bridgehead atoms. The maximum absolute atomic E-state index is 11.1. The van der Waals surface area contributed by atoms with Crippen molar-refractivity contribution in [2.24, 2.45) is 4.99 Å². The SMILES string of the molecule is CC1(C)C(/C(C=O)=C\O)=Nc2c1ccc1ncccc21. The minimum atomic E-state index is -0.422. The molecule has 0 fully saturated rings. The van der Waals surface area contributed by atoms with Gasteiger partial charge in [-0.15, -0.1) is 0 Å². The molecule has 1 aliphatic rings. The highest BCUT2D eigenvalue weighted by atomic mass is 16.2. The molecule has 1 N–H and O–H groups in total. The van der Waals surface area contributed by atoms with Crippen LogP contribution < -0.4 is 0 Å². The van der Waals surface area contributed by atoms with Crippen LogP contribution in [0.5, 0.6) is 0 Å². The lowest BCUT2D eigenvalue weighted by Crippen LogP contribution is -2.27. The maximum Gasteiger partial charge on any atom is 0.155 e. The lowest BCUT2D eigenvalue weighted by atomic mass is 9.79. The summed E-state index contributed by atoms with van der Waals surface area (Å²) in [6.45, 7) is 3.99. The number of aliphatic imine (C=N–C) groups is 1. The number of nitrogens with zero attached hydrogens (tertiary/aromatic N) is 2. The molecule has 3 rings (SSSR count). The molecule has 0 atom stereocenters. The van der Waals surface area contributed by atoms with Gasteiger partial charge in [0.1, 0.15) is 0 Å². The zero-order chi connectivity index (χ0) is 14.3. The summed E-state index contributed by atoms with van der Waals surface area (Å²) in [6.07, 6.45) is 3.19. The molecule has 0 saturated carbocycles. The number of hydrogen-bond donors (Lipinski definition) is 1. The Bertz CT molecular complexity index is 773. The molecular weight excluding hydrogens is 252 g/mol. The molecule has 1 aromatic heterocycles. The summed E-state index contributed by atoms with van der Waals surface area (Å²) < 4.78 is 0. The highest BCUT2D eigenvalue weighted by Gasteiger charge is 2.37. The number of aromatic nitrogens is 1. The van der Waals surface area contributed by atoms with Gasteiger partial charge in [0.2, 0.25) is 0 Å². The van der Waals surface area contributed by atoms with Crippen LogP contribution in [0, 0.1) is 0 Å². The lowest BCUT2D eigenvalue weighted by Gasteiger charge is -2.22. The first kappa shape index (κ1) is 12.5. The van der Waals surface area contributed by atoms with Crippen molar-refractivity contribution in [3.05, 3.63) is 47.9 Å². The second-order valence-corrected chi connectivity index (χ2v) is 5.32. The van der Waals surface area contributed by atoms with Crippen LogP contribution in [0.3, 0.4) is 0 Å². The van der Waals surface area contributed by atoms with Crippen molar-refractivity contribution in [3.63, 3.8) is 0 Å². The Morgan fingerprint density at radius 1 is 1.30 bits per heavy atom. The molecule has 0 amide bonds. The van der Waals surface area contributed by atoms with E-state index in [0.29, 0.717) is 12.0 Å². The van der Waals surface area contributed by atoms with Crippen molar-refractivity contribution >= 4 is 28.6 Å². The third-order valence-electron chi connectivity index (χ3n) is 3.79. The minimum Gasteiger partial charge on any atom is -0.515 e. The molecule has 4 nitrogen and oxygen atoms in total. The zero-order valence-corrected chi connectivity index (χ0v) is 11.3. The Hall–Kier alpha value is -2.49. The third kappa shape index (κ3) is 1.58. The van der Waals surface area contributed by atoms with Crippen molar-refractivity contribution in [1.29, 1.82) is 0 Å². The standard InChI is InChI=1S/C16H14N2O2/c1-16(2)12-5-6-13-11(4-3-7-17-13)14(12)18-15(16)10(8-19)9-20/h3-9,19H,1-2H3/b10-8-. The predicted molar refractivity (Wildman–Crippen MR) is 78.6 cm³/mol. The number of rotatable bonds is 2. The van der Waals surface area contributed by atoms with E-state index >= 15 is 0 Å². The molecule has 0 aliphatic carbocycles. The first-order chi connectivity index (χ1) is 9.59. The summed E-state index contributed by atoms with van der Waals surface area (Å²) in [4.78, 5) is 20.0. The van der Waals surface area contributed by atoms with Gasteiger partial charge in [0.15, 0.2) is 6.29 Å². The zero-order valence-electron chi connectivity index (χ0n) is 11.3. The third-order valence-corrected chi connectivity index (χ3v) is 3.79. The number of aliphatic hydroxyl groups excluding tert-OH is 1. The topological polar surface area (TPSA) is 62.5 Å². The fourth-order valence-electron chi connectivity index (χ4n) is 2.71. The molecule has 4 heteroatoms. The molecule has 100 valence electrons. The molecule has 0 spiro atoms. The summed E-state index contributed by atoms with van der Waals surface area (Å²) >= 11 is 0. The summed E-state index contributed by atoms with van der Waals surface area (Å²) in [6, 6.07) is 7.77. The fourth-order valence-corrected chi connectivity index (χ4v) is 2.71. The number of pyridine rings is 1. The van der Waals surface area contributed by atoms with Crippen LogP contribution in [0.25, 0.3) is 10.9 Å². The van der Waals surface area contributed by atoms with E-state index in [1.165, 1.54) is 0 Å². The van der Waals surface area contributed by atoms with Crippen LogP contribution in [0.15, 0.2) is 47.3 Å². The monoisotopic (exact) mass is 266 g/mol. The summed E-state index contributed by atoms with van der Waals surface area (Å²) in [5, 5.41) is 10.2. The molecule has 2 aromatic rings. The number of benzene rings is 1. The van der Waals surface area contributed by atoms with Crippen LogP contribution in [0.1, 0.15) is 19.4 Å². The van der Waals surface area contributed by atoms with Gasteiger partial charge in [-0.1, -0.05) is 19.9 Å². The van der Waals surface area contributed by atoms with Crippen molar-refractivity contribution in [2.45, 2.75) is 19.3 Å². The minimum absolute atomic E-state index is 0.211. The largest absolute Gasteiger partial charge is 0.515 e. The average Bonchev–Trinajstić information content (AvgIpc) is 2.73. The number of allylic oxidation sites excluding steroid dienone is 1. The van der Waals surface area contributed by atoms with E-state index in [4.69, 9.17) is 0 Å². The smallest absolute Gasteiger partial charge is 0.155 e. The van der Waals surface area contributed by atoms with E-state index in [1.54, 1.807) is 6.20 Å². The van der Waals surface area contributed by atoms with Crippen molar-refractivity contribution in [3.8, 4) is 0 Å². The first-order valence-corrected chi connectivity index (χ1v) is 6.37. The van der Waals surface area contributed by atoms with Gasteiger partial charge in [0.05, 0.1) is 28.8 Å². The van der Waals surface area contributed by atoms with Gasteiger partial charge in [-0.3, -0.25) is 14.8 Å². The molecular formula is C16H14N2O2. The molecule has 2 heterocycles. The summed E-state index contributed by atoms with van der Waals surface area (Å²) in [7, 11) is 0. The average molecular weight is 266 g/mol. The number of fused-ring (bicyclic) bond motifs is 3. The molecule has 0 saturated heterocycles. The van der Waals surface area contributed by atoms with Gasteiger partial charge in [-0.2, -0.15) is 0 Å². The van der Waals surface area contributed by atoms with E-state index in [2.05, 4.69) is 9.98 Å².